The predicted octanol–water partition coefficient (Wildman–Crippen LogP) is 1.10. The molecule has 1 unspecified atom stereocenters. The van der Waals surface area contributed by atoms with Gasteiger partial charge >= 0.3 is 0 Å². The molecule has 1 aliphatic heterocycles. The molecule has 0 bridgehead atoms. The maximum absolute atomic E-state index is 8.41. The Bertz CT molecular complexity index is 106. The molecule has 2 heteroatoms. The van der Waals surface area contributed by atoms with Gasteiger partial charge in [0.15, 0.2) is 0 Å². The molecule has 1 atom stereocenters. The van der Waals surface area contributed by atoms with Gasteiger partial charge in [-0.05, 0) is 19.3 Å². The van der Waals surface area contributed by atoms with E-state index in [1.54, 1.807) is 0 Å². The van der Waals surface area contributed by atoms with Gasteiger partial charge in [0.1, 0.15) is 0 Å². The van der Waals surface area contributed by atoms with Crippen molar-refractivity contribution in [3.05, 3.63) is 12.2 Å². The van der Waals surface area contributed by atoms with Crippen LogP contribution in [-0.4, -0.2) is 24.4 Å². The van der Waals surface area contributed by atoms with Gasteiger partial charge in [0.2, 0.25) is 0 Å². The number of rotatable bonds is 5. The van der Waals surface area contributed by atoms with Gasteiger partial charge in [0, 0.05) is 6.61 Å². The second-order valence-corrected chi connectivity index (χ2v) is 2.52. The molecule has 0 aromatic rings. The van der Waals surface area contributed by atoms with Crippen LogP contribution in [0, 0.1) is 0 Å². The van der Waals surface area contributed by atoms with Gasteiger partial charge in [-0.2, -0.15) is 0 Å². The Hall–Kier alpha value is -0.340. The van der Waals surface area contributed by atoms with Crippen LogP contribution in [0.25, 0.3) is 0 Å². The highest BCUT2D eigenvalue weighted by atomic mass is 16.6. The summed E-state index contributed by atoms with van der Waals surface area (Å²) in [6.07, 6.45) is 7.68. The van der Waals surface area contributed by atoms with E-state index < -0.39 is 0 Å². The van der Waals surface area contributed by atoms with Crippen LogP contribution in [-0.2, 0) is 4.74 Å². The van der Waals surface area contributed by atoms with E-state index in [-0.39, 0.29) is 6.61 Å². The van der Waals surface area contributed by atoms with E-state index in [4.69, 9.17) is 9.84 Å². The minimum absolute atomic E-state index is 0.260. The lowest BCUT2D eigenvalue weighted by molar-refractivity contribution is 0.302. The number of ether oxygens (including phenoxy) is 1. The Balaban J connectivity index is 1.83. The first-order valence-corrected chi connectivity index (χ1v) is 3.81. The zero-order valence-electron chi connectivity index (χ0n) is 6.12. The Morgan fingerprint density at radius 2 is 2.10 bits per heavy atom. The monoisotopic (exact) mass is 142 g/mol. The van der Waals surface area contributed by atoms with Gasteiger partial charge in [-0.25, -0.2) is 0 Å². The number of hydrogen-bond donors (Lipinski definition) is 1. The zero-order valence-corrected chi connectivity index (χ0v) is 6.12. The summed E-state index contributed by atoms with van der Waals surface area (Å²) < 4.78 is 5.03. The lowest BCUT2D eigenvalue weighted by Gasteiger charge is -1.87. The molecule has 1 aliphatic rings. The van der Waals surface area contributed by atoms with Crippen LogP contribution in [0.2, 0.25) is 0 Å². The summed E-state index contributed by atoms with van der Waals surface area (Å²) in [6.45, 7) is 1.21. The number of hydrogen-bond acceptors (Lipinski definition) is 2. The summed E-state index contributed by atoms with van der Waals surface area (Å²) >= 11 is 0. The molecule has 0 aromatic heterocycles. The van der Waals surface area contributed by atoms with Crippen molar-refractivity contribution in [3.8, 4) is 0 Å². The Labute approximate surface area is 61.5 Å². The molecule has 1 rings (SSSR count). The van der Waals surface area contributed by atoms with Gasteiger partial charge in [0.25, 0.3) is 0 Å². The highest BCUT2D eigenvalue weighted by molar-refractivity contribution is 4.83. The topological polar surface area (TPSA) is 32.8 Å². The first-order chi connectivity index (χ1) is 4.93. The number of allylic oxidation sites excluding steroid dienone is 1. The van der Waals surface area contributed by atoms with Gasteiger partial charge in [-0.15, -0.1) is 0 Å². The average Bonchev–Trinajstić information content (AvgIpc) is 2.71. The lowest BCUT2D eigenvalue weighted by Crippen LogP contribution is -1.82. The van der Waals surface area contributed by atoms with Crippen molar-refractivity contribution in [2.45, 2.75) is 25.4 Å². The molecule has 0 aliphatic carbocycles. The zero-order chi connectivity index (χ0) is 7.23. The molecule has 0 amide bonds. The Morgan fingerprint density at radius 1 is 1.40 bits per heavy atom. The summed E-state index contributed by atoms with van der Waals surface area (Å²) in [7, 11) is 0. The summed E-state index contributed by atoms with van der Waals surface area (Å²) in [4.78, 5) is 0. The van der Waals surface area contributed by atoms with Gasteiger partial charge in [-0.3, -0.25) is 0 Å². The van der Waals surface area contributed by atoms with Crippen LogP contribution in [0.15, 0.2) is 12.2 Å². The molecule has 0 radical (unpaired) electrons. The van der Waals surface area contributed by atoms with Crippen molar-refractivity contribution < 1.29 is 9.84 Å². The van der Waals surface area contributed by atoms with Crippen LogP contribution in [0.1, 0.15) is 19.3 Å². The van der Waals surface area contributed by atoms with Crippen molar-refractivity contribution in [2.24, 2.45) is 0 Å². The third-order valence-electron chi connectivity index (χ3n) is 1.52. The lowest BCUT2D eigenvalue weighted by atomic mass is 10.2. The molecule has 1 heterocycles. The van der Waals surface area contributed by atoms with Gasteiger partial charge in [-0.1, -0.05) is 12.2 Å². The first-order valence-electron chi connectivity index (χ1n) is 3.81. The molecule has 10 heavy (non-hydrogen) atoms. The number of epoxide rings is 1. The SMILES string of the molecule is OCC/C=C/CCC1CO1. The molecule has 2 nitrogen and oxygen atoms in total. The van der Waals surface area contributed by atoms with Crippen LogP contribution < -0.4 is 0 Å². The minimum atomic E-state index is 0.260. The van der Waals surface area contributed by atoms with E-state index in [1.165, 1.54) is 0 Å². The highest BCUT2D eigenvalue weighted by Crippen LogP contribution is 2.15. The third kappa shape index (κ3) is 3.64. The second kappa shape index (κ2) is 4.47. The molecule has 1 saturated heterocycles. The third-order valence-corrected chi connectivity index (χ3v) is 1.52. The molecule has 0 aromatic carbocycles. The number of aliphatic hydroxyl groups excluding tert-OH is 1. The Kier molecular flexibility index (Phi) is 3.47. The summed E-state index contributed by atoms with van der Waals surface area (Å²) in [5, 5.41) is 8.41. The van der Waals surface area contributed by atoms with Crippen molar-refractivity contribution >= 4 is 0 Å². The van der Waals surface area contributed by atoms with E-state index in [9.17, 15) is 0 Å². The summed E-state index contributed by atoms with van der Waals surface area (Å²) in [5.74, 6) is 0. The summed E-state index contributed by atoms with van der Waals surface area (Å²) in [5.41, 5.74) is 0. The quantitative estimate of drug-likeness (QED) is 0.460. The molecular weight excluding hydrogens is 128 g/mol. The largest absolute Gasteiger partial charge is 0.396 e. The fraction of sp³-hybridized carbons (Fsp3) is 0.750. The van der Waals surface area contributed by atoms with E-state index in [0.717, 1.165) is 25.9 Å². The predicted molar refractivity (Wildman–Crippen MR) is 39.8 cm³/mol. The van der Waals surface area contributed by atoms with Gasteiger partial charge in [0.05, 0.1) is 12.7 Å². The van der Waals surface area contributed by atoms with Gasteiger partial charge < -0.3 is 9.84 Å². The highest BCUT2D eigenvalue weighted by Gasteiger charge is 2.20. The van der Waals surface area contributed by atoms with E-state index in [0.29, 0.717) is 6.10 Å². The van der Waals surface area contributed by atoms with Crippen LogP contribution in [0.4, 0.5) is 0 Å². The van der Waals surface area contributed by atoms with E-state index in [1.807, 2.05) is 6.08 Å². The maximum Gasteiger partial charge on any atom is 0.0812 e. The van der Waals surface area contributed by atoms with Crippen molar-refractivity contribution in [3.63, 3.8) is 0 Å². The molecule has 1 N–H and O–H groups in total. The average molecular weight is 142 g/mol. The van der Waals surface area contributed by atoms with Crippen molar-refractivity contribution in [1.29, 1.82) is 0 Å². The summed E-state index contributed by atoms with van der Waals surface area (Å²) in [6, 6.07) is 0. The van der Waals surface area contributed by atoms with E-state index >= 15 is 0 Å². The molecule has 0 saturated carbocycles. The van der Waals surface area contributed by atoms with E-state index in [2.05, 4.69) is 6.08 Å². The van der Waals surface area contributed by atoms with Crippen LogP contribution >= 0.6 is 0 Å². The fourth-order valence-corrected chi connectivity index (χ4v) is 0.827. The van der Waals surface area contributed by atoms with Crippen molar-refractivity contribution in [1.82, 2.24) is 0 Å². The van der Waals surface area contributed by atoms with Crippen LogP contribution in [0.5, 0.6) is 0 Å². The Morgan fingerprint density at radius 3 is 2.70 bits per heavy atom. The smallest absolute Gasteiger partial charge is 0.0812 e. The molecular formula is C8H14O2. The second-order valence-electron chi connectivity index (χ2n) is 2.52. The molecule has 58 valence electrons. The fourth-order valence-electron chi connectivity index (χ4n) is 0.827. The standard InChI is InChI=1S/C8H14O2/c9-6-4-2-1-3-5-8-7-10-8/h1-2,8-9H,3-7H2/b2-1+. The normalized spacial score (nSPS) is 23.9. The van der Waals surface area contributed by atoms with Crippen LogP contribution in [0.3, 0.4) is 0 Å². The van der Waals surface area contributed by atoms with Crippen molar-refractivity contribution in [2.75, 3.05) is 13.2 Å². The molecule has 1 fully saturated rings. The maximum atomic E-state index is 8.41. The number of aliphatic hydroxyl groups is 1. The molecule has 0 spiro atoms. The first kappa shape index (κ1) is 7.76. The minimum Gasteiger partial charge on any atom is -0.396 e.